The quantitative estimate of drug-likeness (QED) is 0.750. The van der Waals surface area contributed by atoms with Crippen LogP contribution in [0.2, 0.25) is 0 Å². The van der Waals surface area contributed by atoms with Crippen molar-refractivity contribution in [2.45, 2.75) is 25.3 Å². The van der Waals surface area contributed by atoms with E-state index in [0.717, 1.165) is 25.2 Å². The number of nitrogens with one attached hydrogen (secondary N) is 2. The van der Waals surface area contributed by atoms with Crippen molar-refractivity contribution in [2.75, 3.05) is 26.2 Å². The molecule has 1 aromatic carbocycles. The summed E-state index contributed by atoms with van der Waals surface area (Å²) in [5.74, 6) is -0.158. The van der Waals surface area contributed by atoms with Gasteiger partial charge in [0.25, 0.3) is 5.91 Å². The number of nitrogens with zero attached hydrogens (tertiary/aromatic N) is 1. The fourth-order valence-corrected chi connectivity index (χ4v) is 3.83. The minimum Gasteiger partial charge on any atom is -0.351 e. The van der Waals surface area contributed by atoms with Crippen molar-refractivity contribution in [1.82, 2.24) is 15.5 Å². The number of amides is 2. The van der Waals surface area contributed by atoms with E-state index >= 15 is 0 Å². The predicted octanol–water partition coefficient (Wildman–Crippen LogP) is 2.82. The van der Waals surface area contributed by atoms with Gasteiger partial charge in [-0.1, -0.05) is 36.4 Å². The lowest BCUT2D eigenvalue weighted by Crippen LogP contribution is -2.38. The molecule has 1 aliphatic rings. The van der Waals surface area contributed by atoms with Crippen molar-refractivity contribution >= 4 is 23.2 Å². The summed E-state index contributed by atoms with van der Waals surface area (Å²) >= 11 is 1.40. The van der Waals surface area contributed by atoms with E-state index in [1.54, 1.807) is 6.07 Å². The maximum absolute atomic E-state index is 12.4. The highest BCUT2D eigenvalue weighted by Crippen LogP contribution is 2.17. The summed E-state index contributed by atoms with van der Waals surface area (Å²) in [6, 6.07) is 13.7. The Bertz CT molecular complexity index is 697. The second kappa shape index (κ2) is 9.50. The van der Waals surface area contributed by atoms with Crippen LogP contribution in [-0.2, 0) is 4.79 Å². The van der Waals surface area contributed by atoms with Gasteiger partial charge in [0, 0.05) is 19.5 Å². The molecule has 1 saturated heterocycles. The van der Waals surface area contributed by atoms with Crippen LogP contribution in [0.1, 0.15) is 40.5 Å². The molecule has 1 atom stereocenters. The van der Waals surface area contributed by atoms with Crippen molar-refractivity contribution in [3.63, 3.8) is 0 Å². The highest BCUT2D eigenvalue weighted by molar-refractivity contribution is 7.12. The van der Waals surface area contributed by atoms with Crippen molar-refractivity contribution < 1.29 is 9.59 Å². The average molecular weight is 372 g/mol. The molecule has 5 nitrogen and oxygen atoms in total. The van der Waals surface area contributed by atoms with Gasteiger partial charge in [-0.25, -0.2) is 0 Å². The molecule has 1 aliphatic heterocycles. The number of carbonyl (C=O) groups excluding carboxylic acids is 2. The number of rotatable bonds is 8. The van der Waals surface area contributed by atoms with Crippen LogP contribution in [0.5, 0.6) is 0 Å². The Morgan fingerprint density at radius 2 is 1.85 bits per heavy atom. The molecule has 0 spiro atoms. The van der Waals surface area contributed by atoms with Crippen molar-refractivity contribution in [2.24, 2.45) is 0 Å². The molecule has 2 aromatic rings. The van der Waals surface area contributed by atoms with Gasteiger partial charge in [0.05, 0.1) is 10.9 Å². The Morgan fingerprint density at radius 3 is 2.54 bits per heavy atom. The van der Waals surface area contributed by atoms with Gasteiger partial charge in [-0.05, 0) is 42.9 Å². The molecule has 2 N–H and O–H groups in total. The molecule has 1 aromatic heterocycles. The highest BCUT2D eigenvalue weighted by atomic mass is 32.1. The number of thiophene rings is 1. The van der Waals surface area contributed by atoms with Crippen molar-refractivity contribution in [1.29, 1.82) is 0 Å². The molecule has 2 amide bonds. The molecule has 1 fully saturated rings. The third kappa shape index (κ3) is 5.41. The highest BCUT2D eigenvalue weighted by Gasteiger charge is 2.20. The summed E-state index contributed by atoms with van der Waals surface area (Å²) in [4.78, 5) is 27.4. The van der Waals surface area contributed by atoms with E-state index in [1.165, 1.54) is 24.2 Å². The second-order valence-corrected chi connectivity index (χ2v) is 7.47. The summed E-state index contributed by atoms with van der Waals surface area (Å²) in [5.41, 5.74) is 1.12. The van der Waals surface area contributed by atoms with Crippen LogP contribution in [0.15, 0.2) is 47.8 Å². The van der Waals surface area contributed by atoms with Crippen LogP contribution in [0.25, 0.3) is 0 Å². The summed E-state index contributed by atoms with van der Waals surface area (Å²) in [6.07, 6.45) is 2.73. The maximum Gasteiger partial charge on any atom is 0.261 e. The molecule has 0 radical (unpaired) electrons. The zero-order valence-electron chi connectivity index (χ0n) is 14.8. The Morgan fingerprint density at radius 1 is 1.08 bits per heavy atom. The number of likely N-dealkylation sites (tertiary alicyclic amines) is 1. The van der Waals surface area contributed by atoms with E-state index in [0.29, 0.717) is 11.4 Å². The average Bonchev–Trinajstić information content (AvgIpc) is 3.36. The van der Waals surface area contributed by atoms with Gasteiger partial charge in [-0.3, -0.25) is 9.59 Å². The topological polar surface area (TPSA) is 61.4 Å². The van der Waals surface area contributed by atoms with Crippen molar-refractivity contribution in [3.05, 3.63) is 58.3 Å². The third-order valence-electron chi connectivity index (χ3n) is 4.56. The number of hydrogen-bond acceptors (Lipinski definition) is 4. The van der Waals surface area contributed by atoms with E-state index < -0.39 is 0 Å². The Kier molecular flexibility index (Phi) is 6.80. The van der Waals surface area contributed by atoms with Gasteiger partial charge < -0.3 is 15.5 Å². The van der Waals surface area contributed by atoms with E-state index in [2.05, 4.69) is 27.7 Å². The van der Waals surface area contributed by atoms with Crippen LogP contribution in [0, 0.1) is 0 Å². The summed E-state index contributed by atoms with van der Waals surface area (Å²) in [6.45, 7) is 3.36. The minimum atomic E-state index is -0.121. The standard InChI is InChI=1S/C20H25N3O2S/c24-19(10-11-21-20(25)18-9-6-14-26-18)22-17(15-23-12-4-5-13-23)16-7-2-1-3-8-16/h1-3,6-9,14,17H,4-5,10-13,15H2,(H,21,25)(H,22,24). The molecule has 138 valence electrons. The molecule has 0 bridgehead atoms. The first-order chi connectivity index (χ1) is 12.7. The maximum atomic E-state index is 12.4. The van der Waals surface area contributed by atoms with Crippen LogP contribution in [-0.4, -0.2) is 42.9 Å². The van der Waals surface area contributed by atoms with E-state index in [1.807, 2.05) is 29.6 Å². The molecular formula is C20H25N3O2S. The van der Waals surface area contributed by atoms with Gasteiger partial charge in [-0.2, -0.15) is 0 Å². The number of carbonyl (C=O) groups is 2. The molecule has 26 heavy (non-hydrogen) atoms. The summed E-state index contributed by atoms with van der Waals surface area (Å²) in [5, 5.41) is 7.81. The molecule has 3 rings (SSSR count). The zero-order chi connectivity index (χ0) is 18.2. The summed E-state index contributed by atoms with van der Waals surface area (Å²) in [7, 11) is 0. The molecular weight excluding hydrogens is 346 g/mol. The Balaban J connectivity index is 1.50. The molecule has 6 heteroatoms. The van der Waals surface area contributed by atoms with Crippen LogP contribution >= 0.6 is 11.3 Å². The van der Waals surface area contributed by atoms with Gasteiger partial charge in [0.15, 0.2) is 0 Å². The van der Waals surface area contributed by atoms with Crippen LogP contribution in [0.4, 0.5) is 0 Å². The van der Waals surface area contributed by atoms with Gasteiger partial charge in [0.2, 0.25) is 5.91 Å². The van der Waals surface area contributed by atoms with Gasteiger partial charge >= 0.3 is 0 Å². The Labute approximate surface area is 158 Å². The lowest BCUT2D eigenvalue weighted by Gasteiger charge is -2.25. The van der Waals surface area contributed by atoms with Gasteiger partial charge in [0.1, 0.15) is 0 Å². The normalized spacial score (nSPS) is 15.5. The zero-order valence-corrected chi connectivity index (χ0v) is 15.6. The smallest absolute Gasteiger partial charge is 0.261 e. The van der Waals surface area contributed by atoms with Crippen LogP contribution < -0.4 is 10.6 Å². The van der Waals surface area contributed by atoms with E-state index in [-0.39, 0.29) is 24.3 Å². The molecule has 0 aliphatic carbocycles. The largest absolute Gasteiger partial charge is 0.351 e. The SMILES string of the molecule is O=C(CCNC(=O)c1cccs1)NC(CN1CCCC1)c1ccccc1. The first-order valence-corrected chi connectivity index (χ1v) is 9.99. The van der Waals surface area contributed by atoms with Crippen LogP contribution in [0.3, 0.4) is 0 Å². The van der Waals surface area contributed by atoms with E-state index in [9.17, 15) is 9.59 Å². The van der Waals surface area contributed by atoms with Gasteiger partial charge in [-0.15, -0.1) is 11.3 Å². The second-order valence-electron chi connectivity index (χ2n) is 6.52. The third-order valence-corrected chi connectivity index (χ3v) is 5.43. The minimum absolute atomic E-state index is 0.0187. The Hall–Kier alpha value is -2.18. The summed E-state index contributed by atoms with van der Waals surface area (Å²) < 4.78 is 0. The number of hydrogen-bond donors (Lipinski definition) is 2. The lowest BCUT2D eigenvalue weighted by atomic mass is 10.1. The first kappa shape index (κ1) is 18.6. The number of benzene rings is 1. The monoisotopic (exact) mass is 371 g/mol. The fourth-order valence-electron chi connectivity index (χ4n) is 3.19. The molecule has 0 saturated carbocycles. The molecule has 2 heterocycles. The molecule has 1 unspecified atom stereocenters. The predicted molar refractivity (Wildman–Crippen MR) is 104 cm³/mol. The fraction of sp³-hybridized carbons (Fsp3) is 0.400. The van der Waals surface area contributed by atoms with E-state index in [4.69, 9.17) is 0 Å². The first-order valence-electron chi connectivity index (χ1n) is 9.11. The van der Waals surface area contributed by atoms with Crippen molar-refractivity contribution in [3.8, 4) is 0 Å². The lowest BCUT2D eigenvalue weighted by molar-refractivity contribution is -0.121.